The number of halogens is 1. The van der Waals surface area contributed by atoms with Crippen molar-refractivity contribution >= 4 is 34.2 Å². The summed E-state index contributed by atoms with van der Waals surface area (Å²) < 4.78 is 2.13. The lowest BCUT2D eigenvalue weighted by Gasteiger charge is -2.38. The van der Waals surface area contributed by atoms with Gasteiger partial charge in [0.2, 0.25) is 5.91 Å². The van der Waals surface area contributed by atoms with Crippen molar-refractivity contribution < 1.29 is 9.59 Å². The summed E-state index contributed by atoms with van der Waals surface area (Å²) in [6.07, 6.45) is 5.53. The molecule has 5 nitrogen and oxygen atoms in total. The van der Waals surface area contributed by atoms with E-state index < -0.39 is 0 Å². The van der Waals surface area contributed by atoms with Gasteiger partial charge >= 0.3 is 0 Å². The van der Waals surface area contributed by atoms with E-state index in [1.807, 2.05) is 31.5 Å². The Hall–Kier alpha value is -2.92. The summed E-state index contributed by atoms with van der Waals surface area (Å²) in [4.78, 5) is 30.9. The standard InChI is InChI=1S/C27H30ClN3O2/c1-6-25(33)30-13-19(14-30)10-21(32)15-31-18(5)26(23-11-20(28)9-17(4)27(23)31)24-12-29-8-7-22(24)16(2)3/h6-9,11-12,16,19H,1,10,13-15H2,2-5H3. The lowest BCUT2D eigenvalue weighted by Crippen LogP contribution is -2.50. The number of ketones is 1. The van der Waals surface area contributed by atoms with E-state index in [-0.39, 0.29) is 17.6 Å². The minimum Gasteiger partial charge on any atom is -0.338 e. The molecule has 0 spiro atoms. The first-order valence-corrected chi connectivity index (χ1v) is 11.7. The lowest BCUT2D eigenvalue weighted by molar-refractivity contribution is -0.134. The summed E-state index contributed by atoms with van der Waals surface area (Å²) in [5, 5.41) is 1.73. The lowest BCUT2D eigenvalue weighted by atomic mass is 9.92. The molecule has 1 aliphatic heterocycles. The quantitative estimate of drug-likeness (QED) is 0.422. The van der Waals surface area contributed by atoms with Crippen molar-refractivity contribution in [2.75, 3.05) is 13.1 Å². The molecule has 1 saturated heterocycles. The Morgan fingerprint density at radius 3 is 2.67 bits per heavy atom. The predicted molar refractivity (Wildman–Crippen MR) is 134 cm³/mol. The second-order valence-electron chi connectivity index (χ2n) is 9.34. The van der Waals surface area contributed by atoms with E-state index in [2.05, 4.69) is 43.0 Å². The first kappa shape index (κ1) is 23.2. The Kier molecular flexibility index (Phi) is 6.44. The van der Waals surface area contributed by atoms with Gasteiger partial charge in [-0.2, -0.15) is 0 Å². The molecule has 0 aliphatic carbocycles. The average Bonchev–Trinajstić information content (AvgIpc) is 3.01. The number of hydrogen-bond donors (Lipinski definition) is 0. The molecule has 33 heavy (non-hydrogen) atoms. The van der Waals surface area contributed by atoms with Crippen LogP contribution in [0.5, 0.6) is 0 Å². The van der Waals surface area contributed by atoms with Gasteiger partial charge in [0.25, 0.3) is 0 Å². The first-order valence-electron chi connectivity index (χ1n) is 11.4. The molecule has 1 aliphatic rings. The van der Waals surface area contributed by atoms with Gasteiger partial charge in [-0.1, -0.05) is 32.0 Å². The maximum absolute atomic E-state index is 13.1. The second-order valence-corrected chi connectivity index (χ2v) is 9.78. The van der Waals surface area contributed by atoms with Crippen LogP contribution in [0.3, 0.4) is 0 Å². The van der Waals surface area contributed by atoms with Gasteiger partial charge in [-0.3, -0.25) is 14.6 Å². The largest absolute Gasteiger partial charge is 0.338 e. The van der Waals surface area contributed by atoms with Gasteiger partial charge < -0.3 is 9.47 Å². The zero-order valence-electron chi connectivity index (χ0n) is 19.7. The molecule has 6 heteroatoms. The molecule has 1 aromatic carbocycles. The van der Waals surface area contributed by atoms with Crippen molar-refractivity contribution in [3.63, 3.8) is 0 Å². The van der Waals surface area contributed by atoms with Crippen molar-refractivity contribution in [1.82, 2.24) is 14.5 Å². The Balaban J connectivity index is 1.71. The summed E-state index contributed by atoms with van der Waals surface area (Å²) in [7, 11) is 0. The number of nitrogens with zero attached hydrogens (tertiary/aromatic N) is 3. The number of rotatable bonds is 7. The van der Waals surface area contributed by atoms with Crippen LogP contribution in [-0.4, -0.2) is 39.2 Å². The van der Waals surface area contributed by atoms with Gasteiger partial charge in [0.15, 0.2) is 5.78 Å². The highest BCUT2D eigenvalue weighted by Gasteiger charge is 2.31. The van der Waals surface area contributed by atoms with Gasteiger partial charge in [0.05, 0.1) is 12.1 Å². The molecule has 3 aromatic rings. The molecule has 0 N–H and O–H groups in total. The third-order valence-corrected chi connectivity index (χ3v) is 6.83. The molecular formula is C27H30ClN3O2. The van der Waals surface area contributed by atoms with Gasteiger partial charge in [-0.15, -0.1) is 0 Å². The number of carbonyl (C=O) groups excluding carboxylic acids is 2. The first-order chi connectivity index (χ1) is 15.7. The topological polar surface area (TPSA) is 55.2 Å². The van der Waals surface area contributed by atoms with E-state index in [0.29, 0.717) is 37.0 Å². The van der Waals surface area contributed by atoms with Gasteiger partial charge in [0, 0.05) is 65.1 Å². The number of likely N-dealkylation sites (tertiary alicyclic amines) is 1. The Labute approximate surface area is 200 Å². The van der Waals surface area contributed by atoms with Crippen molar-refractivity contribution in [1.29, 1.82) is 0 Å². The van der Waals surface area contributed by atoms with Gasteiger partial charge in [0.1, 0.15) is 0 Å². The van der Waals surface area contributed by atoms with Crippen LogP contribution in [0.2, 0.25) is 5.02 Å². The van der Waals surface area contributed by atoms with E-state index >= 15 is 0 Å². The molecule has 0 bridgehead atoms. The van der Waals surface area contributed by atoms with E-state index in [1.165, 1.54) is 11.6 Å². The third kappa shape index (κ3) is 4.34. The van der Waals surface area contributed by atoms with Crippen LogP contribution in [0.15, 0.2) is 43.2 Å². The fraction of sp³-hybridized carbons (Fsp3) is 0.370. The highest BCUT2D eigenvalue weighted by Crippen LogP contribution is 2.40. The molecule has 0 saturated carbocycles. The number of benzene rings is 1. The summed E-state index contributed by atoms with van der Waals surface area (Å²) in [6.45, 7) is 13.5. The van der Waals surface area contributed by atoms with E-state index in [1.54, 1.807) is 4.90 Å². The fourth-order valence-corrected chi connectivity index (χ4v) is 5.28. The normalized spacial score (nSPS) is 14.1. The van der Waals surface area contributed by atoms with Crippen molar-refractivity contribution in [2.45, 2.75) is 46.6 Å². The number of carbonyl (C=O) groups is 2. The molecule has 1 fully saturated rings. The number of hydrogen-bond acceptors (Lipinski definition) is 3. The van der Waals surface area contributed by atoms with Crippen LogP contribution in [0.1, 0.15) is 43.0 Å². The second kappa shape index (κ2) is 9.14. The number of aryl methyl sites for hydroxylation is 1. The minimum absolute atomic E-state index is 0.0690. The summed E-state index contributed by atoms with van der Waals surface area (Å²) in [5.41, 5.74) is 6.51. The molecule has 4 rings (SSSR count). The van der Waals surface area contributed by atoms with Crippen LogP contribution >= 0.6 is 11.6 Å². The number of fused-ring (bicyclic) bond motifs is 1. The monoisotopic (exact) mass is 463 g/mol. The van der Waals surface area contributed by atoms with E-state index in [0.717, 1.165) is 33.3 Å². The number of amides is 1. The summed E-state index contributed by atoms with van der Waals surface area (Å²) >= 11 is 6.47. The van der Waals surface area contributed by atoms with Crippen LogP contribution in [-0.2, 0) is 16.1 Å². The maximum atomic E-state index is 13.1. The molecule has 0 unspecified atom stereocenters. The van der Waals surface area contributed by atoms with E-state index in [9.17, 15) is 9.59 Å². The molecule has 3 heterocycles. The molecular weight excluding hydrogens is 434 g/mol. The zero-order chi connectivity index (χ0) is 23.9. The Bertz CT molecular complexity index is 1250. The van der Waals surface area contributed by atoms with Crippen LogP contribution in [0, 0.1) is 19.8 Å². The van der Waals surface area contributed by atoms with Crippen LogP contribution in [0.4, 0.5) is 0 Å². The number of Topliss-reactive ketones (excluding diaryl/α,β-unsaturated/α-hetero) is 1. The summed E-state index contributed by atoms with van der Waals surface area (Å²) in [6, 6.07) is 6.01. The molecule has 1 amide bonds. The average molecular weight is 464 g/mol. The number of pyridine rings is 1. The smallest absolute Gasteiger partial charge is 0.245 e. The number of aromatic nitrogens is 2. The van der Waals surface area contributed by atoms with Crippen molar-refractivity contribution in [2.24, 2.45) is 5.92 Å². The minimum atomic E-state index is -0.0690. The van der Waals surface area contributed by atoms with Gasteiger partial charge in [-0.25, -0.2) is 0 Å². The highest BCUT2D eigenvalue weighted by molar-refractivity contribution is 6.31. The molecule has 0 atom stereocenters. The highest BCUT2D eigenvalue weighted by atomic mass is 35.5. The summed E-state index contributed by atoms with van der Waals surface area (Å²) in [5.74, 6) is 0.648. The Morgan fingerprint density at radius 2 is 2.00 bits per heavy atom. The van der Waals surface area contributed by atoms with Crippen molar-refractivity contribution in [3.05, 3.63) is 65.1 Å². The fourth-order valence-electron chi connectivity index (χ4n) is 5.01. The molecule has 0 radical (unpaired) electrons. The van der Waals surface area contributed by atoms with Gasteiger partial charge in [-0.05, 0) is 55.2 Å². The predicted octanol–water partition coefficient (Wildman–Crippen LogP) is 5.70. The van der Waals surface area contributed by atoms with Crippen LogP contribution in [0.25, 0.3) is 22.0 Å². The van der Waals surface area contributed by atoms with Crippen LogP contribution < -0.4 is 0 Å². The zero-order valence-corrected chi connectivity index (χ0v) is 20.4. The molecule has 2 aromatic heterocycles. The maximum Gasteiger partial charge on any atom is 0.245 e. The SMILES string of the molecule is C=CC(=O)N1CC(CC(=O)Cn2c(C)c(-c3cnccc3C(C)C)c3cc(Cl)cc(C)c32)C1. The Morgan fingerprint density at radius 1 is 1.27 bits per heavy atom. The molecule has 172 valence electrons. The van der Waals surface area contributed by atoms with E-state index in [4.69, 9.17) is 11.6 Å². The third-order valence-electron chi connectivity index (χ3n) is 6.61. The van der Waals surface area contributed by atoms with Crippen molar-refractivity contribution in [3.8, 4) is 11.1 Å².